The van der Waals surface area contributed by atoms with Gasteiger partial charge in [0, 0.05) is 39.6 Å². The number of aliphatic hydroxyl groups is 1. The van der Waals surface area contributed by atoms with Crippen LogP contribution in [0.1, 0.15) is 25.0 Å². The second kappa shape index (κ2) is 5.81. The molecule has 1 atom stereocenters. The number of hydrogen-bond acceptors (Lipinski definition) is 5. The molecule has 3 heterocycles. The fourth-order valence-corrected chi connectivity index (χ4v) is 3.15. The molecule has 0 spiro atoms. The summed E-state index contributed by atoms with van der Waals surface area (Å²) in [4.78, 5) is 20.1. The van der Waals surface area contributed by atoms with Gasteiger partial charge in [0.2, 0.25) is 5.91 Å². The van der Waals surface area contributed by atoms with Crippen molar-refractivity contribution in [1.29, 1.82) is 0 Å². The van der Waals surface area contributed by atoms with E-state index >= 15 is 0 Å². The number of carbonyl (C=O) groups excluding carboxylic acids is 1. The number of carbonyl (C=O) groups is 1. The molecule has 0 radical (unpaired) electrons. The minimum Gasteiger partial charge on any atom is -0.388 e. The molecule has 0 aromatic carbocycles. The Labute approximate surface area is 135 Å². The van der Waals surface area contributed by atoms with Crippen LogP contribution in [-0.2, 0) is 4.79 Å². The summed E-state index contributed by atoms with van der Waals surface area (Å²) in [5.74, 6) is 0.754. The predicted octanol–water partition coefficient (Wildman–Crippen LogP) is 0.847. The van der Waals surface area contributed by atoms with Gasteiger partial charge in [-0.05, 0) is 25.8 Å². The van der Waals surface area contributed by atoms with Crippen LogP contribution >= 0.6 is 0 Å². The Kier molecular flexibility index (Phi) is 3.97. The maximum absolute atomic E-state index is 12.0. The van der Waals surface area contributed by atoms with Gasteiger partial charge in [0.05, 0.1) is 17.7 Å². The molecule has 2 aromatic rings. The van der Waals surface area contributed by atoms with Crippen molar-refractivity contribution in [2.24, 2.45) is 0 Å². The van der Waals surface area contributed by atoms with Crippen LogP contribution in [0.4, 0.5) is 5.82 Å². The number of nitrogens with zero attached hydrogens (tertiary/aromatic N) is 5. The highest BCUT2D eigenvalue weighted by Gasteiger charge is 2.36. The molecule has 1 aliphatic rings. The number of piperidine rings is 1. The summed E-state index contributed by atoms with van der Waals surface area (Å²) in [6, 6.07) is 1.99. The summed E-state index contributed by atoms with van der Waals surface area (Å²) in [7, 11) is 3.42. The molecule has 124 valence electrons. The van der Waals surface area contributed by atoms with Crippen molar-refractivity contribution in [3.8, 4) is 0 Å². The van der Waals surface area contributed by atoms with Crippen LogP contribution in [0.3, 0.4) is 0 Å². The van der Waals surface area contributed by atoms with Gasteiger partial charge in [0.1, 0.15) is 5.52 Å². The maximum atomic E-state index is 12.0. The van der Waals surface area contributed by atoms with E-state index in [1.165, 1.54) is 4.90 Å². The third-order valence-corrected chi connectivity index (χ3v) is 4.33. The predicted molar refractivity (Wildman–Crippen MR) is 87.4 cm³/mol. The van der Waals surface area contributed by atoms with Gasteiger partial charge in [-0.15, -0.1) is 0 Å². The number of amides is 1. The van der Waals surface area contributed by atoms with Crippen molar-refractivity contribution >= 4 is 17.2 Å². The van der Waals surface area contributed by atoms with E-state index in [4.69, 9.17) is 0 Å². The third-order valence-electron chi connectivity index (χ3n) is 4.33. The lowest BCUT2D eigenvalue weighted by molar-refractivity contribution is -0.134. The molecule has 1 amide bonds. The number of β-amino-alcohol motifs (C(OH)–C–C–N with tert-alkyl or cyclic N) is 1. The van der Waals surface area contributed by atoms with E-state index in [1.54, 1.807) is 24.8 Å². The van der Waals surface area contributed by atoms with Crippen molar-refractivity contribution in [3.05, 3.63) is 24.2 Å². The monoisotopic (exact) mass is 317 g/mol. The topological polar surface area (TPSA) is 74.0 Å². The quantitative estimate of drug-likeness (QED) is 0.908. The summed E-state index contributed by atoms with van der Waals surface area (Å²) >= 11 is 0. The summed E-state index contributed by atoms with van der Waals surface area (Å²) in [6.07, 6.45) is 5.13. The number of hydrogen-bond donors (Lipinski definition) is 1. The van der Waals surface area contributed by atoms with Gasteiger partial charge in [-0.25, -0.2) is 9.50 Å². The van der Waals surface area contributed by atoms with Crippen LogP contribution in [0.15, 0.2) is 18.5 Å². The Hall–Kier alpha value is -2.15. The van der Waals surface area contributed by atoms with Gasteiger partial charge >= 0.3 is 0 Å². The SMILES string of the molecule is Cc1cc2c(N3CCCC(O)(CC(=O)N(C)C)C3)nccn2n1. The van der Waals surface area contributed by atoms with Crippen LogP contribution in [-0.4, -0.2) is 63.3 Å². The Balaban J connectivity index is 1.86. The zero-order valence-electron chi connectivity index (χ0n) is 13.9. The first-order valence-electron chi connectivity index (χ1n) is 7.86. The zero-order chi connectivity index (χ0) is 16.6. The molecular weight excluding hydrogens is 294 g/mol. The minimum absolute atomic E-state index is 0.0549. The molecule has 1 N–H and O–H groups in total. The number of anilines is 1. The Morgan fingerprint density at radius 2 is 2.26 bits per heavy atom. The smallest absolute Gasteiger partial charge is 0.225 e. The average Bonchev–Trinajstić information content (AvgIpc) is 2.86. The molecule has 0 saturated carbocycles. The van der Waals surface area contributed by atoms with Gasteiger partial charge in [0.15, 0.2) is 5.82 Å². The number of aromatic nitrogens is 3. The average molecular weight is 317 g/mol. The lowest BCUT2D eigenvalue weighted by atomic mass is 9.89. The van der Waals surface area contributed by atoms with E-state index in [9.17, 15) is 9.90 Å². The molecule has 2 aromatic heterocycles. The fraction of sp³-hybridized carbons (Fsp3) is 0.562. The van der Waals surface area contributed by atoms with Gasteiger partial charge in [0.25, 0.3) is 0 Å². The van der Waals surface area contributed by atoms with Crippen LogP contribution in [0.25, 0.3) is 5.52 Å². The molecule has 1 aliphatic heterocycles. The molecule has 0 bridgehead atoms. The molecule has 23 heavy (non-hydrogen) atoms. The lowest BCUT2D eigenvalue weighted by Gasteiger charge is -2.40. The molecule has 1 saturated heterocycles. The second-order valence-electron chi connectivity index (χ2n) is 6.58. The number of aryl methyl sites for hydroxylation is 1. The van der Waals surface area contributed by atoms with E-state index in [0.717, 1.165) is 30.0 Å². The molecule has 7 heteroatoms. The second-order valence-corrected chi connectivity index (χ2v) is 6.58. The molecular formula is C16H23N5O2. The van der Waals surface area contributed by atoms with Crippen molar-refractivity contribution in [3.63, 3.8) is 0 Å². The van der Waals surface area contributed by atoms with E-state index in [1.807, 2.05) is 19.2 Å². The Morgan fingerprint density at radius 3 is 3.00 bits per heavy atom. The number of rotatable bonds is 3. The molecule has 7 nitrogen and oxygen atoms in total. The highest BCUT2D eigenvalue weighted by molar-refractivity contribution is 5.77. The van der Waals surface area contributed by atoms with Gasteiger partial charge in [-0.2, -0.15) is 5.10 Å². The summed E-state index contributed by atoms with van der Waals surface area (Å²) < 4.78 is 1.80. The standard InChI is InChI=1S/C16H23N5O2/c1-12-9-13-15(17-6-8-21(13)18-12)20-7-4-5-16(23,11-20)10-14(22)19(2)3/h6,8-9,23H,4-5,7,10-11H2,1-3H3. The first-order chi connectivity index (χ1) is 10.9. The Bertz CT molecular complexity index is 726. The summed E-state index contributed by atoms with van der Waals surface area (Å²) in [5, 5.41) is 15.3. The zero-order valence-corrected chi connectivity index (χ0v) is 13.9. The first kappa shape index (κ1) is 15.7. The van der Waals surface area contributed by atoms with E-state index < -0.39 is 5.60 Å². The van der Waals surface area contributed by atoms with Crippen LogP contribution in [0.5, 0.6) is 0 Å². The Morgan fingerprint density at radius 1 is 1.48 bits per heavy atom. The third kappa shape index (κ3) is 3.14. The highest BCUT2D eigenvalue weighted by Crippen LogP contribution is 2.30. The highest BCUT2D eigenvalue weighted by atomic mass is 16.3. The summed E-state index contributed by atoms with van der Waals surface area (Å²) in [5.41, 5.74) is 0.839. The van der Waals surface area contributed by atoms with Crippen molar-refractivity contribution in [2.75, 3.05) is 32.1 Å². The van der Waals surface area contributed by atoms with Crippen LogP contribution in [0.2, 0.25) is 0 Å². The maximum Gasteiger partial charge on any atom is 0.225 e. The first-order valence-corrected chi connectivity index (χ1v) is 7.86. The van der Waals surface area contributed by atoms with Crippen molar-refractivity contribution in [2.45, 2.75) is 31.8 Å². The lowest BCUT2D eigenvalue weighted by Crippen LogP contribution is -2.50. The van der Waals surface area contributed by atoms with Crippen LogP contribution in [0, 0.1) is 6.92 Å². The van der Waals surface area contributed by atoms with Crippen LogP contribution < -0.4 is 4.90 Å². The van der Waals surface area contributed by atoms with E-state index in [0.29, 0.717) is 13.0 Å². The van der Waals surface area contributed by atoms with Gasteiger partial charge < -0.3 is 14.9 Å². The fourth-order valence-electron chi connectivity index (χ4n) is 3.15. The molecule has 3 rings (SSSR count). The van der Waals surface area contributed by atoms with E-state index in [2.05, 4.69) is 15.0 Å². The molecule has 0 aliphatic carbocycles. The van der Waals surface area contributed by atoms with Gasteiger partial charge in [-0.3, -0.25) is 4.79 Å². The minimum atomic E-state index is -1.01. The summed E-state index contributed by atoms with van der Waals surface area (Å²) in [6.45, 7) is 3.16. The largest absolute Gasteiger partial charge is 0.388 e. The van der Waals surface area contributed by atoms with Gasteiger partial charge in [-0.1, -0.05) is 0 Å². The van der Waals surface area contributed by atoms with Crippen molar-refractivity contribution < 1.29 is 9.90 Å². The van der Waals surface area contributed by atoms with E-state index in [-0.39, 0.29) is 12.3 Å². The van der Waals surface area contributed by atoms with Crippen molar-refractivity contribution in [1.82, 2.24) is 19.5 Å². The molecule has 1 fully saturated rings. The molecule has 1 unspecified atom stereocenters. The number of fused-ring (bicyclic) bond motifs is 1. The normalized spacial score (nSPS) is 21.7.